The Morgan fingerprint density at radius 3 is 2.56 bits per heavy atom. The Balaban J connectivity index is 2.95. The minimum absolute atomic E-state index is 0.137. The lowest BCUT2D eigenvalue weighted by Crippen LogP contribution is -2.26. The molecule has 18 heavy (non-hydrogen) atoms. The molecular weight excluding hydrogens is 260 g/mol. The summed E-state index contributed by atoms with van der Waals surface area (Å²) in [6.07, 6.45) is 0. The van der Waals surface area contributed by atoms with Crippen molar-refractivity contribution in [2.24, 2.45) is 5.92 Å². The van der Waals surface area contributed by atoms with E-state index in [0.29, 0.717) is 0 Å². The average molecular weight is 274 g/mol. The van der Waals surface area contributed by atoms with E-state index in [0.717, 1.165) is 12.1 Å². The van der Waals surface area contributed by atoms with Crippen molar-refractivity contribution in [3.05, 3.63) is 34.4 Å². The van der Waals surface area contributed by atoms with Crippen molar-refractivity contribution in [1.82, 2.24) is 4.89 Å². The molecule has 1 aromatic rings. The number of rotatable bonds is 6. The molecule has 0 bridgehead atoms. The number of sulfonamides is 1. The summed E-state index contributed by atoms with van der Waals surface area (Å²) in [6.45, 7) is 3.87. The van der Waals surface area contributed by atoms with E-state index in [1.165, 1.54) is 12.1 Å². The molecule has 0 spiro atoms. The third-order valence-corrected chi connectivity index (χ3v) is 3.20. The fourth-order valence-electron chi connectivity index (χ4n) is 1.16. The third kappa shape index (κ3) is 3.76. The smallest absolute Gasteiger partial charge is 0.287 e. The summed E-state index contributed by atoms with van der Waals surface area (Å²) >= 11 is 0. The highest BCUT2D eigenvalue weighted by molar-refractivity contribution is 7.89. The lowest BCUT2D eigenvalue weighted by molar-refractivity contribution is -0.387. The molecule has 0 unspecified atom stereocenters. The van der Waals surface area contributed by atoms with Crippen LogP contribution in [0.25, 0.3) is 0 Å². The highest BCUT2D eigenvalue weighted by Crippen LogP contribution is 2.22. The summed E-state index contributed by atoms with van der Waals surface area (Å²) in [5, 5.41) is 10.7. The summed E-state index contributed by atoms with van der Waals surface area (Å²) in [5.74, 6) is 0.137. The van der Waals surface area contributed by atoms with Crippen molar-refractivity contribution >= 4 is 15.7 Å². The number of hydrogen-bond acceptors (Lipinski definition) is 5. The van der Waals surface area contributed by atoms with E-state index in [-0.39, 0.29) is 12.5 Å². The maximum Gasteiger partial charge on any atom is 0.289 e. The molecule has 0 heterocycles. The van der Waals surface area contributed by atoms with Gasteiger partial charge in [0.1, 0.15) is 0 Å². The van der Waals surface area contributed by atoms with Crippen LogP contribution >= 0.6 is 0 Å². The summed E-state index contributed by atoms with van der Waals surface area (Å²) < 4.78 is 23.6. The summed E-state index contributed by atoms with van der Waals surface area (Å²) in [5.41, 5.74) is -0.488. The predicted molar refractivity (Wildman–Crippen MR) is 64.2 cm³/mol. The Morgan fingerprint density at radius 2 is 2.00 bits per heavy atom. The van der Waals surface area contributed by atoms with Gasteiger partial charge in [0, 0.05) is 6.07 Å². The molecule has 8 heteroatoms. The van der Waals surface area contributed by atoms with Crippen LogP contribution in [0.2, 0.25) is 0 Å². The highest BCUT2D eigenvalue weighted by Gasteiger charge is 2.25. The number of nitrogens with one attached hydrogen (secondary N) is 1. The Hall–Kier alpha value is -1.51. The molecule has 100 valence electrons. The SMILES string of the molecule is CC(C)CONS(=O)(=O)c1ccccc1[N+](=O)[O-]. The number of nitro groups is 1. The van der Waals surface area contributed by atoms with Crippen LogP contribution in [0.1, 0.15) is 13.8 Å². The van der Waals surface area contributed by atoms with Gasteiger partial charge in [0.05, 0.1) is 11.5 Å². The van der Waals surface area contributed by atoms with Crippen LogP contribution in [0.5, 0.6) is 0 Å². The average Bonchev–Trinajstić information content (AvgIpc) is 2.28. The lowest BCUT2D eigenvalue weighted by Gasteiger charge is -2.08. The number of para-hydroxylation sites is 1. The monoisotopic (exact) mass is 274 g/mol. The molecule has 0 fully saturated rings. The first-order valence-corrected chi connectivity index (χ1v) is 6.70. The minimum Gasteiger partial charge on any atom is -0.287 e. The van der Waals surface area contributed by atoms with E-state index in [1.807, 2.05) is 18.7 Å². The van der Waals surface area contributed by atoms with Gasteiger partial charge < -0.3 is 0 Å². The van der Waals surface area contributed by atoms with Gasteiger partial charge >= 0.3 is 0 Å². The van der Waals surface area contributed by atoms with Crippen LogP contribution in [-0.2, 0) is 14.9 Å². The van der Waals surface area contributed by atoms with Crippen molar-refractivity contribution in [3.8, 4) is 0 Å². The zero-order valence-corrected chi connectivity index (χ0v) is 10.8. The molecule has 1 rings (SSSR count). The predicted octanol–water partition coefficient (Wildman–Crippen LogP) is 1.46. The van der Waals surface area contributed by atoms with E-state index in [2.05, 4.69) is 0 Å². The molecule has 0 saturated heterocycles. The lowest BCUT2D eigenvalue weighted by atomic mass is 10.2. The van der Waals surface area contributed by atoms with Gasteiger partial charge in [0.25, 0.3) is 15.7 Å². The zero-order chi connectivity index (χ0) is 13.8. The van der Waals surface area contributed by atoms with E-state index in [1.54, 1.807) is 0 Å². The molecule has 0 radical (unpaired) electrons. The van der Waals surface area contributed by atoms with Crippen molar-refractivity contribution < 1.29 is 18.2 Å². The summed E-state index contributed by atoms with van der Waals surface area (Å²) in [7, 11) is -4.05. The van der Waals surface area contributed by atoms with Crippen LogP contribution in [0.3, 0.4) is 0 Å². The Kier molecular flexibility index (Phi) is 4.76. The fraction of sp³-hybridized carbons (Fsp3) is 0.400. The van der Waals surface area contributed by atoms with Gasteiger partial charge in [0.15, 0.2) is 4.90 Å². The molecule has 0 aliphatic rings. The van der Waals surface area contributed by atoms with Gasteiger partial charge in [-0.1, -0.05) is 30.9 Å². The molecule has 7 nitrogen and oxygen atoms in total. The topological polar surface area (TPSA) is 98.5 Å². The zero-order valence-electron chi connectivity index (χ0n) is 9.99. The molecule has 0 amide bonds. The van der Waals surface area contributed by atoms with Crippen LogP contribution in [0, 0.1) is 16.0 Å². The first-order chi connectivity index (χ1) is 8.34. The largest absolute Gasteiger partial charge is 0.289 e. The van der Waals surface area contributed by atoms with Crippen LogP contribution in [-0.4, -0.2) is 19.9 Å². The van der Waals surface area contributed by atoms with Gasteiger partial charge in [-0.15, -0.1) is 0 Å². The summed E-state index contributed by atoms with van der Waals surface area (Å²) in [4.78, 5) is 16.2. The van der Waals surface area contributed by atoms with Crippen LogP contribution in [0.4, 0.5) is 5.69 Å². The maximum absolute atomic E-state index is 11.8. The van der Waals surface area contributed by atoms with E-state index >= 15 is 0 Å². The highest BCUT2D eigenvalue weighted by atomic mass is 32.2. The van der Waals surface area contributed by atoms with Gasteiger partial charge in [-0.3, -0.25) is 15.0 Å². The molecule has 1 N–H and O–H groups in total. The quantitative estimate of drug-likeness (QED) is 0.625. The van der Waals surface area contributed by atoms with Gasteiger partial charge in [0.2, 0.25) is 0 Å². The van der Waals surface area contributed by atoms with Crippen LogP contribution < -0.4 is 4.89 Å². The van der Waals surface area contributed by atoms with Crippen molar-refractivity contribution in [1.29, 1.82) is 0 Å². The van der Waals surface area contributed by atoms with Gasteiger partial charge in [-0.2, -0.15) is 0 Å². The Morgan fingerprint density at radius 1 is 1.39 bits per heavy atom. The van der Waals surface area contributed by atoms with E-state index in [4.69, 9.17) is 4.84 Å². The molecular formula is C10H14N2O5S. The minimum atomic E-state index is -4.05. The second-order valence-electron chi connectivity index (χ2n) is 4.02. The van der Waals surface area contributed by atoms with Gasteiger partial charge in [-0.05, 0) is 12.0 Å². The first kappa shape index (κ1) is 14.6. The maximum atomic E-state index is 11.8. The van der Waals surface area contributed by atoms with E-state index < -0.39 is 25.5 Å². The second kappa shape index (κ2) is 5.89. The Bertz CT molecular complexity index is 527. The molecule has 0 aliphatic heterocycles. The normalized spacial score (nSPS) is 11.7. The summed E-state index contributed by atoms with van der Waals surface area (Å²) in [6, 6.07) is 5.08. The molecule has 1 aromatic carbocycles. The third-order valence-electron chi connectivity index (χ3n) is 1.94. The number of nitrogens with zero attached hydrogens (tertiary/aromatic N) is 1. The van der Waals surface area contributed by atoms with Crippen molar-refractivity contribution in [2.75, 3.05) is 6.61 Å². The molecule has 0 saturated carbocycles. The first-order valence-electron chi connectivity index (χ1n) is 5.21. The fourth-order valence-corrected chi connectivity index (χ4v) is 2.15. The second-order valence-corrected chi connectivity index (χ2v) is 5.63. The van der Waals surface area contributed by atoms with Gasteiger partial charge in [-0.25, -0.2) is 8.42 Å². The molecule has 0 atom stereocenters. The van der Waals surface area contributed by atoms with E-state index in [9.17, 15) is 18.5 Å². The van der Waals surface area contributed by atoms with Crippen molar-refractivity contribution in [3.63, 3.8) is 0 Å². The number of hydrogen-bond donors (Lipinski definition) is 1. The van der Waals surface area contributed by atoms with Crippen LogP contribution in [0.15, 0.2) is 29.2 Å². The molecule has 0 aromatic heterocycles. The standard InChI is InChI=1S/C10H14N2O5S/c1-8(2)7-17-11-18(15,16)10-6-4-3-5-9(10)12(13)14/h3-6,8,11H,7H2,1-2H3. The number of nitro benzene ring substituents is 1. The van der Waals surface area contributed by atoms with Crippen molar-refractivity contribution in [2.45, 2.75) is 18.7 Å². The molecule has 0 aliphatic carbocycles. The Labute approximate surface area is 105 Å². The number of benzene rings is 1.